The summed E-state index contributed by atoms with van der Waals surface area (Å²) < 4.78 is 18.9. The number of ether oxygens (including phenoxy) is 1. The minimum absolute atomic E-state index is 0.0187. The quantitative estimate of drug-likeness (QED) is 0.672. The summed E-state index contributed by atoms with van der Waals surface area (Å²) in [6, 6.07) is 8.19. The Morgan fingerprint density at radius 3 is 2.71 bits per heavy atom. The Bertz CT molecular complexity index is 679. The highest BCUT2D eigenvalue weighted by Crippen LogP contribution is 2.32. The fraction of sp³-hybridized carbons (Fsp3) is 0.143. The van der Waals surface area contributed by atoms with Crippen molar-refractivity contribution < 1.29 is 14.1 Å². The summed E-state index contributed by atoms with van der Waals surface area (Å²) in [6.07, 6.45) is 0. The van der Waals surface area contributed by atoms with Crippen LogP contribution < -0.4 is 10.1 Å². The second kappa shape index (κ2) is 6.51. The predicted octanol–water partition coefficient (Wildman–Crippen LogP) is 3.90. The van der Waals surface area contributed by atoms with E-state index in [0.717, 1.165) is 0 Å². The van der Waals surface area contributed by atoms with Gasteiger partial charge >= 0.3 is 0 Å². The number of halogens is 2. The van der Waals surface area contributed by atoms with Crippen LogP contribution in [0.2, 0.25) is 5.02 Å². The summed E-state index contributed by atoms with van der Waals surface area (Å²) >= 11 is 5.82. The molecule has 0 radical (unpaired) electrons. The number of hydrogen-bond donors (Lipinski definition) is 1. The summed E-state index contributed by atoms with van der Waals surface area (Å²) in [4.78, 5) is 10.1. The van der Waals surface area contributed by atoms with Crippen LogP contribution in [0, 0.1) is 15.9 Å². The molecule has 0 bridgehead atoms. The number of rotatable bonds is 5. The van der Waals surface area contributed by atoms with Crippen LogP contribution >= 0.6 is 11.6 Å². The van der Waals surface area contributed by atoms with Crippen LogP contribution in [0.1, 0.15) is 5.56 Å². The fourth-order valence-electron chi connectivity index (χ4n) is 1.80. The average molecular weight is 311 g/mol. The van der Waals surface area contributed by atoms with E-state index in [1.165, 1.54) is 36.4 Å². The number of nitrogens with one attached hydrogen (secondary N) is 1. The zero-order valence-electron chi connectivity index (χ0n) is 11.1. The molecule has 0 saturated heterocycles. The summed E-state index contributed by atoms with van der Waals surface area (Å²) in [5, 5.41) is 13.6. The zero-order chi connectivity index (χ0) is 15.4. The molecule has 0 saturated carbocycles. The van der Waals surface area contributed by atoms with Crippen molar-refractivity contribution in [2.24, 2.45) is 0 Å². The largest absolute Gasteiger partial charge is 0.457 e. The predicted molar refractivity (Wildman–Crippen MR) is 77.3 cm³/mol. The van der Waals surface area contributed by atoms with Gasteiger partial charge in [-0.1, -0.05) is 11.6 Å². The lowest BCUT2D eigenvalue weighted by Crippen LogP contribution is -2.06. The molecule has 5 nitrogen and oxygen atoms in total. The highest BCUT2D eigenvalue weighted by atomic mass is 35.5. The van der Waals surface area contributed by atoms with E-state index in [4.69, 9.17) is 16.3 Å². The summed E-state index contributed by atoms with van der Waals surface area (Å²) in [7, 11) is 1.73. The highest BCUT2D eigenvalue weighted by Gasteiger charge is 2.14. The van der Waals surface area contributed by atoms with Gasteiger partial charge in [0.2, 0.25) is 0 Å². The smallest absolute Gasteiger partial charge is 0.288 e. The lowest BCUT2D eigenvalue weighted by molar-refractivity contribution is -0.384. The van der Waals surface area contributed by atoms with Crippen LogP contribution in [0.25, 0.3) is 0 Å². The number of nitro groups is 1. The number of benzene rings is 2. The first kappa shape index (κ1) is 15.2. The normalized spacial score (nSPS) is 10.4. The molecule has 0 aromatic heterocycles. The molecule has 2 aromatic carbocycles. The molecule has 0 amide bonds. The van der Waals surface area contributed by atoms with Crippen LogP contribution in [0.4, 0.5) is 10.1 Å². The van der Waals surface area contributed by atoms with E-state index >= 15 is 0 Å². The SMILES string of the molecule is CNCc1cc(F)ccc1Oc1ccc([N+](=O)[O-])c(Cl)c1. The van der Waals surface area contributed by atoms with Crippen molar-refractivity contribution in [3.05, 3.63) is 62.9 Å². The molecular formula is C14H12ClFN2O3. The molecule has 110 valence electrons. The van der Waals surface area contributed by atoms with Crippen LogP contribution in [-0.2, 0) is 6.54 Å². The lowest BCUT2D eigenvalue weighted by Gasteiger charge is -2.11. The first-order chi connectivity index (χ1) is 10.0. The van der Waals surface area contributed by atoms with Gasteiger partial charge in [0.05, 0.1) is 4.92 Å². The van der Waals surface area contributed by atoms with Gasteiger partial charge in [0, 0.05) is 24.2 Å². The first-order valence-electron chi connectivity index (χ1n) is 6.06. The molecule has 0 aliphatic carbocycles. The molecular weight excluding hydrogens is 299 g/mol. The Morgan fingerprint density at radius 1 is 1.33 bits per heavy atom. The highest BCUT2D eigenvalue weighted by molar-refractivity contribution is 6.32. The van der Waals surface area contributed by atoms with Gasteiger partial charge in [-0.05, 0) is 31.3 Å². The maximum atomic E-state index is 13.2. The monoisotopic (exact) mass is 310 g/mol. The zero-order valence-corrected chi connectivity index (χ0v) is 11.9. The van der Waals surface area contributed by atoms with Gasteiger partial charge in [0.15, 0.2) is 0 Å². The van der Waals surface area contributed by atoms with Crippen LogP contribution in [0.15, 0.2) is 36.4 Å². The van der Waals surface area contributed by atoms with Gasteiger partial charge in [-0.25, -0.2) is 4.39 Å². The van der Waals surface area contributed by atoms with Crippen molar-refractivity contribution in [2.75, 3.05) is 7.05 Å². The molecule has 0 spiro atoms. The van der Waals surface area contributed by atoms with Crippen molar-refractivity contribution in [1.82, 2.24) is 5.32 Å². The number of hydrogen-bond acceptors (Lipinski definition) is 4. The van der Waals surface area contributed by atoms with Gasteiger partial charge in [0.1, 0.15) is 22.3 Å². The van der Waals surface area contributed by atoms with E-state index in [2.05, 4.69) is 5.32 Å². The molecule has 0 fully saturated rings. The lowest BCUT2D eigenvalue weighted by atomic mass is 10.2. The minimum atomic E-state index is -0.573. The van der Waals surface area contributed by atoms with Gasteiger partial charge < -0.3 is 10.1 Å². The molecule has 0 heterocycles. The van der Waals surface area contributed by atoms with Crippen LogP contribution in [0.3, 0.4) is 0 Å². The third-order valence-corrected chi connectivity index (χ3v) is 3.04. The third kappa shape index (κ3) is 3.68. The Hall–Kier alpha value is -2.18. The van der Waals surface area contributed by atoms with Crippen LogP contribution in [-0.4, -0.2) is 12.0 Å². The van der Waals surface area contributed by atoms with Crippen molar-refractivity contribution in [3.8, 4) is 11.5 Å². The summed E-state index contributed by atoms with van der Waals surface area (Å²) in [5.41, 5.74) is 0.436. The Balaban J connectivity index is 2.30. The molecule has 0 atom stereocenters. The van der Waals surface area contributed by atoms with Crippen molar-refractivity contribution in [3.63, 3.8) is 0 Å². The van der Waals surface area contributed by atoms with Crippen molar-refractivity contribution >= 4 is 17.3 Å². The first-order valence-corrected chi connectivity index (χ1v) is 6.44. The van der Waals surface area contributed by atoms with E-state index in [1.807, 2.05) is 0 Å². The second-order valence-electron chi connectivity index (χ2n) is 4.25. The Labute approximate surface area is 125 Å². The molecule has 7 heteroatoms. The fourth-order valence-corrected chi connectivity index (χ4v) is 2.04. The van der Waals surface area contributed by atoms with Gasteiger partial charge in [-0.15, -0.1) is 0 Å². The molecule has 2 aromatic rings. The van der Waals surface area contributed by atoms with E-state index < -0.39 is 4.92 Å². The Morgan fingerprint density at radius 2 is 2.10 bits per heavy atom. The molecule has 0 unspecified atom stereocenters. The average Bonchev–Trinajstić information content (AvgIpc) is 2.42. The molecule has 1 N–H and O–H groups in total. The van der Waals surface area contributed by atoms with Crippen molar-refractivity contribution in [2.45, 2.75) is 6.54 Å². The molecule has 0 aliphatic rings. The maximum absolute atomic E-state index is 13.2. The standard InChI is InChI=1S/C14H12ClFN2O3/c1-17-8-9-6-10(16)2-5-14(9)21-11-3-4-13(18(19)20)12(15)7-11/h2-7,17H,8H2,1H3. The second-order valence-corrected chi connectivity index (χ2v) is 4.66. The van der Waals surface area contributed by atoms with Gasteiger partial charge in [-0.2, -0.15) is 0 Å². The number of nitro benzene ring substituents is 1. The van der Waals surface area contributed by atoms with E-state index in [-0.39, 0.29) is 16.5 Å². The van der Waals surface area contributed by atoms with Crippen LogP contribution in [0.5, 0.6) is 11.5 Å². The maximum Gasteiger partial charge on any atom is 0.288 e. The van der Waals surface area contributed by atoms with Gasteiger partial charge in [0.25, 0.3) is 5.69 Å². The van der Waals surface area contributed by atoms with Crippen molar-refractivity contribution in [1.29, 1.82) is 0 Å². The third-order valence-electron chi connectivity index (χ3n) is 2.73. The molecule has 0 aliphatic heterocycles. The minimum Gasteiger partial charge on any atom is -0.457 e. The van der Waals surface area contributed by atoms with E-state index in [1.54, 1.807) is 7.05 Å². The summed E-state index contributed by atoms with van der Waals surface area (Å²) in [6.45, 7) is 0.424. The Kier molecular flexibility index (Phi) is 4.72. The molecule has 21 heavy (non-hydrogen) atoms. The van der Waals surface area contributed by atoms with E-state index in [9.17, 15) is 14.5 Å². The topological polar surface area (TPSA) is 64.4 Å². The molecule has 2 rings (SSSR count). The number of nitrogens with zero attached hydrogens (tertiary/aromatic N) is 1. The van der Waals surface area contributed by atoms with E-state index in [0.29, 0.717) is 23.6 Å². The van der Waals surface area contributed by atoms with Gasteiger partial charge in [-0.3, -0.25) is 10.1 Å². The summed E-state index contributed by atoms with van der Waals surface area (Å²) in [5.74, 6) is 0.430.